The molecule has 0 spiro atoms. The molecule has 2 aromatic carbocycles. The zero-order chi connectivity index (χ0) is 20.7. The number of carbonyl (C=O) groups excluding carboxylic acids is 2. The van der Waals surface area contributed by atoms with Gasteiger partial charge in [0.25, 0.3) is 0 Å². The molecule has 0 aliphatic rings. The standard InChI is InChI=1S/C22H28ClN3O2/c1-5-25(14-21(27)24-19-13-18(23)12-11-16(19)3)15-22(28)26(6-2)20-10-8-7-9-17(20)4/h7-13H,5-6,14-15H2,1-4H3,(H,24,27). The Morgan fingerprint density at radius 2 is 1.68 bits per heavy atom. The average molecular weight is 402 g/mol. The van der Waals surface area contributed by atoms with Crippen molar-refractivity contribution >= 4 is 34.8 Å². The minimum atomic E-state index is -0.168. The summed E-state index contributed by atoms with van der Waals surface area (Å²) in [7, 11) is 0. The van der Waals surface area contributed by atoms with Crippen molar-refractivity contribution in [3.05, 3.63) is 58.6 Å². The zero-order valence-electron chi connectivity index (χ0n) is 17.0. The Labute approximate surface area is 172 Å². The van der Waals surface area contributed by atoms with Crippen LogP contribution >= 0.6 is 11.6 Å². The van der Waals surface area contributed by atoms with Crippen LogP contribution in [0.2, 0.25) is 5.02 Å². The van der Waals surface area contributed by atoms with Crippen LogP contribution < -0.4 is 10.2 Å². The molecule has 5 nitrogen and oxygen atoms in total. The second kappa shape index (κ2) is 10.2. The number of benzene rings is 2. The van der Waals surface area contributed by atoms with Gasteiger partial charge in [-0.1, -0.05) is 42.8 Å². The molecule has 0 fully saturated rings. The van der Waals surface area contributed by atoms with Gasteiger partial charge in [-0.15, -0.1) is 0 Å². The molecule has 1 N–H and O–H groups in total. The van der Waals surface area contributed by atoms with Crippen molar-refractivity contribution in [1.82, 2.24) is 4.90 Å². The fourth-order valence-corrected chi connectivity index (χ4v) is 3.20. The number of halogens is 1. The first-order valence-corrected chi connectivity index (χ1v) is 9.87. The third-order valence-electron chi connectivity index (χ3n) is 4.67. The summed E-state index contributed by atoms with van der Waals surface area (Å²) in [5.74, 6) is -0.190. The zero-order valence-corrected chi connectivity index (χ0v) is 17.7. The lowest BCUT2D eigenvalue weighted by Crippen LogP contribution is -2.43. The van der Waals surface area contributed by atoms with Crippen LogP contribution in [0, 0.1) is 13.8 Å². The van der Waals surface area contributed by atoms with Crippen molar-refractivity contribution in [3.63, 3.8) is 0 Å². The molecule has 0 radical (unpaired) electrons. The fourth-order valence-electron chi connectivity index (χ4n) is 3.03. The number of rotatable bonds is 8. The average Bonchev–Trinajstić information content (AvgIpc) is 2.66. The van der Waals surface area contributed by atoms with Crippen LogP contribution in [-0.4, -0.2) is 42.9 Å². The van der Waals surface area contributed by atoms with E-state index in [4.69, 9.17) is 11.6 Å². The Hall–Kier alpha value is -2.37. The Morgan fingerprint density at radius 3 is 2.32 bits per heavy atom. The SMILES string of the molecule is CCN(CC(=O)Nc1cc(Cl)ccc1C)CC(=O)N(CC)c1ccccc1C. The van der Waals surface area contributed by atoms with Crippen molar-refractivity contribution in [2.75, 3.05) is 36.4 Å². The van der Waals surface area contributed by atoms with Crippen LogP contribution in [0.25, 0.3) is 0 Å². The minimum Gasteiger partial charge on any atom is -0.325 e. The molecular formula is C22H28ClN3O2. The number of carbonyl (C=O) groups is 2. The van der Waals surface area contributed by atoms with Crippen molar-refractivity contribution in [2.24, 2.45) is 0 Å². The van der Waals surface area contributed by atoms with Crippen molar-refractivity contribution < 1.29 is 9.59 Å². The highest BCUT2D eigenvalue weighted by atomic mass is 35.5. The highest BCUT2D eigenvalue weighted by Gasteiger charge is 2.20. The fraction of sp³-hybridized carbons (Fsp3) is 0.364. The van der Waals surface area contributed by atoms with E-state index < -0.39 is 0 Å². The largest absolute Gasteiger partial charge is 0.325 e. The van der Waals surface area contributed by atoms with Gasteiger partial charge in [0.15, 0.2) is 0 Å². The number of anilines is 2. The van der Waals surface area contributed by atoms with E-state index in [9.17, 15) is 9.59 Å². The van der Waals surface area contributed by atoms with Crippen LogP contribution in [0.1, 0.15) is 25.0 Å². The lowest BCUT2D eigenvalue weighted by Gasteiger charge is -2.27. The lowest BCUT2D eigenvalue weighted by atomic mass is 10.2. The number of aryl methyl sites for hydroxylation is 2. The third kappa shape index (κ3) is 5.81. The molecule has 6 heteroatoms. The molecule has 0 saturated carbocycles. The maximum absolute atomic E-state index is 12.9. The Kier molecular flexibility index (Phi) is 8.03. The van der Waals surface area contributed by atoms with Gasteiger partial charge in [0, 0.05) is 22.9 Å². The monoisotopic (exact) mass is 401 g/mol. The van der Waals surface area contributed by atoms with Gasteiger partial charge in [-0.3, -0.25) is 14.5 Å². The van der Waals surface area contributed by atoms with Crippen LogP contribution in [0.15, 0.2) is 42.5 Å². The number of hydrogen-bond donors (Lipinski definition) is 1. The quantitative estimate of drug-likeness (QED) is 0.718. The van der Waals surface area contributed by atoms with E-state index >= 15 is 0 Å². The number of para-hydroxylation sites is 1. The molecule has 28 heavy (non-hydrogen) atoms. The van der Waals surface area contributed by atoms with E-state index in [1.807, 2.05) is 62.9 Å². The third-order valence-corrected chi connectivity index (χ3v) is 4.91. The molecule has 0 bridgehead atoms. The summed E-state index contributed by atoms with van der Waals surface area (Å²) in [6, 6.07) is 13.2. The molecule has 0 aliphatic carbocycles. The van der Waals surface area contributed by atoms with Crippen molar-refractivity contribution in [3.8, 4) is 0 Å². The van der Waals surface area contributed by atoms with Gasteiger partial charge in [0.05, 0.1) is 13.1 Å². The Bertz CT molecular complexity index is 838. The summed E-state index contributed by atoms with van der Waals surface area (Å²) >= 11 is 6.01. The normalized spacial score (nSPS) is 10.8. The summed E-state index contributed by atoms with van der Waals surface area (Å²) in [5, 5.41) is 3.45. The highest BCUT2D eigenvalue weighted by molar-refractivity contribution is 6.31. The number of likely N-dealkylation sites (N-methyl/N-ethyl adjacent to an activating group) is 2. The van der Waals surface area contributed by atoms with Crippen LogP contribution in [-0.2, 0) is 9.59 Å². The van der Waals surface area contributed by atoms with E-state index in [1.54, 1.807) is 17.0 Å². The van der Waals surface area contributed by atoms with E-state index in [1.165, 1.54) is 0 Å². The molecule has 0 saturated heterocycles. The molecule has 0 unspecified atom stereocenters. The molecule has 2 aromatic rings. The van der Waals surface area contributed by atoms with Gasteiger partial charge in [0.2, 0.25) is 11.8 Å². The molecule has 0 heterocycles. The van der Waals surface area contributed by atoms with Crippen LogP contribution in [0.5, 0.6) is 0 Å². The topological polar surface area (TPSA) is 52.7 Å². The Morgan fingerprint density at radius 1 is 0.964 bits per heavy atom. The first-order chi connectivity index (χ1) is 13.3. The van der Waals surface area contributed by atoms with Gasteiger partial charge in [-0.25, -0.2) is 0 Å². The van der Waals surface area contributed by atoms with Crippen molar-refractivity contribution in [2.45, 2.75) is 27.7 Å². The van der Waals surface area contributed by atoms with E-state index in [0.29, 0.717) is 23.8 Å². The lowest BCUT2D eigenvalue weighted by molar-refractivity contribution is -0.121. The molecule has 0 aliphatic heterocycles. The predicted octanol–water partition coefficient (Wildman–Crippen LogP) is 4.27. The summed E-state index contributed by atoms with van der Waals surface area (Å²) < 4.78 is 0. The van der Waals surface area contributed by atoms with Gasteiger partial charge in [0.1, 0.15) is 0 Å². The summed E-state index contributed by atoms with van der Waals surface area (Å²) in [5.41, 5.74) is 3.59. The molecule has 0 atom stereocenters. The first-order valence-electron chi connectivity index (χ1n) is 9.50. The van der Waals surface area contributed by atoms with E-state index in [-0.39, 0.29) is 24.9 Å². The second-order valence-electron chi connectivity index (χ2n) is 6.74. The van der Waals surface area contributed by atoms with Crippen LogP contribution in [0.3, 0.4) is 0 Å². The van der Waals surface area contributed by atoms with E-state index in [2.05, 4.69) is 5.32 Å². The first kappa shape index (κ1) is 21.9. The minimum absolute atomic E-state index is 0.0228. The van der Waals surface area contributed by atoms with Crippen LogP contribution in [0.4, 0.5) is 11.4 Å². The number of nitrogens with zero attached hydrogens (tertiary/aromatic N) is 2. The number of amides is 2. The number of nitrogens with one attached hydrogen (secondary N) is 1. The smallest absolute Gasteiger partial charge is 0.241 e. The predicted molar refractivity (Wildman–Crippen MR) is 116 cm³/mol. The summed E-state index contributed by atoms with van der Waals surface area (Å²) in [6.45, 7) is 9.29. The highest BCUT2D eigenvalue weighted by Crippen LogP contribution is 2.21. The number of hydrogen-bond acceptors (Lipinski definition) is 3. The Balaban J connectivity index is 2.02. The molecule has 2 rings (SSSR count). The maximum Gasteiger partial charge on any atom is 0.241 e. The van der Waals surface area contributed by atoms with Gasteiger partial charge in [-0.2, -0.15) is 0 Å². The van der Waals surface area contributed by atoms with Gasteiger partial charge in [-0.05, 0) is 56.6 Å². The summed E-state index contributed by atoms with van der Waals surface area (Å²) in [6.07, 6.45) is 0. The maximum atomic E-state index is 12.9. The second-order valence-corrected chi connectivity index (χ2v) is 7.17. The van der Waals surface area contributed by atoms with Gasteiger partial charge >= 0.3 is 0 Å². The summed E-state index contributed by atoms with van der Waals surface area (Å²) in [4.78, 5) is 28.9. The molecule has 150 valence electrons. The molecule has 0 aromatic heterocycles. The van der Waals surface area contributed by atoms with Crippen molar-refractivity contribution in [1.29, 1.82) is 0 Å². The molecular weight excluding hydrogens is 374 g/mol. The molecule has 2 amide bonds. The van der Waals surface area contributed by atoms with Gasteiger partial charge < -0.3 is 10.2 Å². The van der Waals surface area contributed by atoms with E-state index in [0.717, 1.165) is 16.8 Å².